The van der Waals surface area contributed by atoms with Crippen molar-refractivity contribution in [3.05, 3.63) is 0 Å². The molecule has 2 unspecified atom stereocenters. The molecule has 2 N–H and O–H groups in total. The maximum Gasteiger partial charge on any atom is 0.0948 e. The van der Waals surface area contributed by atoms with Gasteiger partial charge in [-0.3, -0.25) is 0 Å². The SMILES string of the molecule is CC1(NC2COCC2O)CCC1. The lowest BCUT2D eigenvalue weighted by molar-refractivity contribution is 0.106. The summed E-state index contributed by atoms with van der Waals surface area (Å²) < 4.78 is 5.17. The smallest absolute Gasteiger partial charge is 0.0948 e. The van der Waals surface area contributed by atoms with Crippen molar-refractivity contribution in [3.8, 4) is 0 Å². The van der Waals surface area contributed by atoms with Crippen LogP contribution in [0.3, 0.4) is 0 Å². The van der Waals surface area contributed by atoms with Gasteiger partial charge in [0.1, 0.15) is 0 Å². The Bertz CT molecular complexity index is 168. The van der Waals surface area contributed by atoms with Crippen molar-refractivity contribution < 1.29 is 9.84 Å². The van der Waals surface area contributed by atoms with Gasteiger partial charge in [0.05, 0.1) is 25.4 Å². The van der Waals surface area contributed by atoms with Crippen LogP contribution in [0.25, 0.3) is 0 Å². The lowest BCUT2D eigenvalue weighted by Gasteiger charge is -2.41. The van der Waals surface area contributed by atoms with Gasteiger partial charge >= 0.3 is 0 Å². The van der Waals surface area contributed by atoms with Crippen LogP contribution in [-0.4, -0.2) is 36.0 Å². The third-order valence-electron chi connectivity index (χ3n) is 3.04. The van der Waals surface area contributed by atoms with Crippen molar-refractivity contribution in [2.75, 3.05) is 13.2 Å². The summed E-state index contributed by atoms with van der Waals surface area (Å²) in [4.78, 5) is 0. The van der Waals surface area contributed by atoms with Crippen molar-refractivity contribution >= 4 is 0 Å². The number of aliphatic hydroxyl groups is 1. The first kappa shape index (κ1) is 8.48. The second kappa shape index (κ2) is 2.98. The Balaban J connectivity index is 1.85. The zero-order chi connectivity index (χ0) is 8.60. The van der Waals surface area contributed by atoms with Crippen LogP contribution in [0.1, 0.15) is 26.2 Å². The summed E-state index contributed by atoms with van der Waals surface area (Å²) in [5.41, 5.74) is 0.277. The second-order valence-corrected chi connectivity index (χ2v) is 4.27. The normalized spacial score (nSPS) is 39.5. The average molecular weight is 171 g/mol. The molecule has 2 fully saturated rings. The van der Waals surface area contributed by atoms with E-state index in [1.54, 1.807) is 0 Å². The summed E-state index contributed by atoms with van der Waals surface area (Å²) in [5.74, 6) is 0. The lowest BCUT2D eigenvalue weighted by atomic mass is 9.78. The summed E-state index contributed by atoms with van der Waals surface area (Å²) in [6.07, 6.45) is 3.47. The Morgan fingerprint density at radius 1 is 1.42 bits per heavy atom. The minimum Gasteiger partial charge on any atom is -0.389 e. The summed E-state index contributed by atoms with van der Waals surface area (Å²) in [6.45, 7) is 3.38. The van der Waals surface area contributed by atoms with Crippen LogP contribution in [0.4, 0.5) is 0 Å². The maximum absolute atomic E-state index is 9.48. The molecule has 2 atom stereocenters. The Labute approximate surface area is 73.1 Å². The van der Waals surface area contributed by atoms with E-state index in [4.69, 9.17) is 4.74 Å². The largest absolute Gasteiger partial charge is 0.389 e. The monoisotopic (exact) mass is 171 g/mol. The van der Waals surface area contributed by atoms with Crippen molar-refractivity contribution in [1.29, 1.82) is 0 Å². The molecule has 1 saturated heterocycles. The standard InChI is InChI=1S/C9H17NO2/c1-9(3-2-4-9)10-7-5-12-6-8(7)11/h7-8,10-11H,2-6H2,1H3. The van der Waals surface area contributed by atoms with Crippen LogP contribution in [0.15, 0.2) is 0 Å². The second-order valence-electron chi connectivity index (χ2n) is 4.27. The number of nitrogens with one attached hydrogen (secondary N) is 1. The van der Waals surface area contributed by atoms with Gasteiger partial charge in [0.25, 0.3) is 0 Å². The number of aliphatic hydroxyl groups excluding tert-OH is 1. The molecule has 2 rings (SSSR count). The lowest BCUT2D eigenvalue weighted by Crippen LogP contribution is -2.56. The molecule has 1 saturated carbocycles. The van der Waals surface area contributed by atoms with Gasteiger partial charge in [-0.05, 0) is 26.2 Å². The minimum atomic E-state index is -0.303. The van der Waals surface area contributed by atoms with Crippen molar-refractivity contribution in [3.63, 3.8) is 0 Å². The Morgan fingerprint density at radius 2 is 2.17 bits per heavy atom. The number of hydrogen-bond acceptors (Lipinski definition) is 3. The van der Waals surface area contributed by atoms with Crippen molar-refractivity contribution in [2.24, 2.45) is 0 Å². The molecule has 0 bridgehead atoms. The van der Waals surface area contributed by atoms with Gasteiger partial charge in [-0.2, -0.15) is 0 Å². The van der Waals surface area contributed by atoms with E-state index < -0.39 is 0 Å². The zero-order valence-corrected chi connectivity index (χ0v) is 7.55. The van der Waals surface area contributed by atoms with Crippen LogP contribution in [0, 0.1) is 0 Å². The van der Waals surface area contributed by atoms with Crippen LogP contribution >= 0.6 is 0 Å². The van der Waals surface area contributed by atoms with Crippen LogP contribution in [0.5, 0.6) is 0 Å². The van der Waals surface area contributed by atoms with Gasteiger partial charge in [-0.15, -0.1) is 0 Å². The predicted molar refractivity (Wildman–Crippen MR) is 46.0 cm³/mol. The highest BCUT2D eigenvalue weighted by Gasteiger charge is 2.37. The van der Waals surface area contributed by atoms with Crippen molar-refractivity contribution in [2.45, 2.75) is 43.9 Å². The number of rotatable bonds is 2. The van der Waals surface area contributed by atoms with Crippen molar-refractivity contribution in [1.82, 2.24) is 5.32 Å². The third-order valence-corrected chi connectivity index (χ3v) is 3.04. The quantitative estimate of drug-likeness (QED) is 0.627. The highest BCUT2D eigenvalue weighted by molar-refractivity contribution is 4.96. The van der Waals surface area contributed by atoms with E-state index in [2.05, 4.69) is 12.2 Å². The number of ether oxygens (including phenoxy) is 1. The van der Waals surface area contributed by atoms with E-state index in [1.165, 1.54) is 19.3 Å². The summed E-state index contributed by atoms with van der Waals surface area (Å²) >= 11 is 0. The Hall–Kier alpha value is -0.120. The molecule has 3 nitrogen and oxygen atoms in total. The van der Waals surface area contributed by atoms with Gasteiger partial charge in [-0.25, -0.2) is 0 Å². The molecule has 3 heteroatoms. The molecule has 1 heterocycles. The van der Waals surface area contributed by atoms with Gasteiger partial charge in [0.2, 0.25) is 0 Å². The molecule has 70 valence electrons. The molecule has 0 amide bonds. The van der Waals surface area contributed by atoms with E-state index >= 15 is 0 Å². The molecular formula is C9H17NO2. The van der Waals surface area contributed by atoms with Crippen LogP contribution in [-0.2, 0) is 4.74 Å². The Morgan fingerprint density at radius 3 is 2.58 bits per heavy atom. The highest BCUT2D eigenvalue weighted by Crippen LogP contribution is 2.32. The van der Waals surface area contributed by atoms with Crippen LogP contribution < -0.4 is 5.32 Å². The predicted octanol–water partition coefficient (Wildman–Crippen LogP) is 0.278. The fourth-order valence-electron chi connectivity index (χ4n) is 1.98. The minimum absolute atomic E-state index is 0.162. The zero-order valence-electron chi connectivity index (χ0n) is 7.55. The summed E-state index contributed by atoms with van der Waals surface area (Å²) in [7, 11) is 0. The number of hydrogen-bond donors (Lipinski definition) is 2. The molecule has 2 aliphatic rings. The molecule has 0 radical (unpaired) electrons. The molecule has 0 aromatic heterocycles. The van der Waals surface area contributed by atoms with E-state index in [0.717, 1.165) is 0 Å². The first-order valence-electron chi connectivity index (χ1n) is 4.73. The van der Waals surface area contributed by atoms with E-state index in [0.29, 0.717) is 13.2 Å². The van der Waals surface area contributed by atoms with Gasteiger partial charge in [0, 0.05) is 5.54 Å². The first-order chi connectivity index (χ1) is 5.70. The van der Waals surface area contributed by atoms with Crippen LogP contribution in [0.2, 0.25) is 0 Å². The maximum atomic E-state index is 9.48. The molecule has 0 aromatic rings. The molecular weight excluding hydrogens is 154 g/mol. The highest BCUT2D eigenvalue weighted by atomic mass is 16.5. The fraction of sp³-hybridized carbons (Fsp3) is 1.00. The fourth-order valence-corrected chi connectivity index (χ4v) is 1.98. The van der Waals surface area contributed by atoms with E-state index in [1.807, 2.05) is 0 Å². The summed E-state index contributed by atoms with van der Waals surface area (Å²) in [6, 6.07) is 0.162. The summed E-state index contributed by atoms with van der Waals surface area (Å²) in [5, 5.41) is 13.0. The molecule has 12 heavy (non-hydrogen) atoms. The van der Waals surface area contributed by atoms with Gasteiger partial charge < -0.3 is 15.2 Å². The Kier molecular flexibility index (Phi) is 2.10. The van der Waals surface area contributed by atoms with E-state index in [-0.39, 0.29) is 17.7 Å². The molecule has 0 aromatic carbocycles. The topological polar surface area (TPSA) is 41.5 Å². The molecule has 1 aliphatic carbocycles. The van der Waals surface area contributed by atoms with E-state index in [9.17, 15) is 5.11 Å². The molecule has 0 spiro atoms. The third kappa shape index (κ3) is 1.49. The van der Waals surface area contributed by atoms with Gasteiger partial charge in [-0.1, -0.05) is 0 Å². The van der Waals surface area contributed by atoms with Gasteiger partial charge in [0.15, 0.2) is 0 Å². The molecule has 1 aliphatic heterocycles. The average Bonchev–Trinajstić information content (AvgIpc) is 2.34. The first-order valence-corrected chi connectivity index (χ1v) is 4.73.